The number of H-pyrrole nitrogens is 2. The van der Waals surface area contributed by atoms with Crippen molar-refractivity contribution < 1.29 is 4.74 Å². The van der Waals surface area contributed by atoms with E-state index < -0.39 is 0 Å². The summed E-state index contributed by atoms with van der Waals surface area (Å²) >= 11 is 0. The second kappa shape index (κ2) is 10.6. The molecule has 11 nitrogen and oxygen atoms in total. The highest BCUT2D eigenvalue weighted by atomic mass is 16.5. The first kappa shape index (κ1) is 26.0. The first-order chi connectivity index (χ1) is 22.1. The summed E-state index contributed by atoms with van der Waals surface area (Å²) in [6, 6.07) is 34.1. The molecule has 216 valence electrons. The van der Waals surface area contributed by atoms with Crippen molar-refractivity contribution in [2.45, 2.75) is 0 Å². The molecule has 2 N–H and O–H groups in total. The monoisotopic (exact) mass is 590 g/mol. The molecule has 4 heterocycles. The molecule has 0 atom stereocenters. The van der Waals surface area contributed by atoms with Crippen molar-refractivity contribution in [2.75, 3.05) is 0 Å². The summed E-state index contributed by atoms with van der Waals surface area (Å²) < 4.78 is 9.46. The third kappa shape index (κ3) is 4.74. The topological polar surface area (TPSA) is 136 Å². The Hall–Kier alpha value is -6.62. The smallest absolute Gasteiger partial charge is 0.292 e. The Labute approximate surface area is 254 Å². The van der Waals surface area contributed by atoms with Gasteiger partial charge in [0.2, 0.25) is 0 Å². The van der Waals surface area contributed by atoms with Crippen molar-refractivity contribution in [2.24, 2.45) is 0 Å². The molecule has 0 radical (unpaired) electrons. The van der Waals surface area contributed by atoms with Crippen LogP contribution in [-0.2, 0) is 0 Å². The zero-order valence-corrected chi connectivity index (χ0v) is 23.5. The molecule has 0 saturated heterocycles. The molecule has 4 aromatic carbocycles. The predicted octanol–water partition coefficient (Wildman–Crippen LogP) is 5.66. The fraction of sp³-hybridized carbons (Fsp3) is 0. The van der Waals surface area contributed by atoms with Crippen LogP contribution in [0.2, 0.25) is 0 Å². The van der Waals surface area contributed by atoms with Gasteiger partial charge in [-0.05, 0) is 72.8 Å². The molecule has 4 aromatic heterocycles. The molecule has 45 heavy (non-hydrogen) atoms. The normalized spacial score (nSPS) is 11.3. The fourth-order valence-corrected chi connectivity index (χ4v) is 5.23. The number of hydrogen-bond acceptors (Lipinski definition) is 7. The number of aromatic nitrogens is 8. The van der Waals surface area contributed by atoms with Gasteiger partial charge in [-0.15, -0.1) is 0 Å². The molecule has 0 aliphatic rings. The molecule has 0 aliphatic carbocycles. The standard InChI is InChI=1S/C34H22N8O3/c43-33-31-27(19-41(39-31)23-7-3-1-4-8-23)29(35-37-33)21-11-15-25(16-12-21)45-26-17-13-22(14-18-26)30-28-20-42(24-9-5-2-6-10-24)40-32(28)34(44)38-36-30/h1-20H,(H,37,43)(H,38,44). The number of aromatic amines is 2. The molecule has 8 aromatic rings. The minimum atomic E-state index is -0.352. The van der Waals surface area contributed by atoms with Crippen LogP contribution in [0.25, 0.3) is 55.7 Å². The Morgan fingerprint density at radius 2 is 0.911 bits per heavy atom. The highest BCUT2D eigenvalue weighted by molar-refractivity contribution is 5.92. The van der Waals surface area contributed by atoms with Crippen molar-refractivity contribution in [3.05, 3.63) is 142 Å². The molecule has 8 rings (SSSR count). The number of rotatable bonds is 6. The van der Waals surface area contributed by atoms with Crippen LogP contribution in [-0.4, -0.2) is 40.0 Å². The Bertz CT molecular complexity index is 2250. The second-order valence-corrected chi connectivity index (χ2v) is 10.3. The number of hydrogen-bond donors (Lipinski definition) is 2. The van der Waals surface area contributed by atoms with E-state index in [0.717, 1.165) is 22.5 Å². The van der Waals surface area contributed by atoms with E-state index in [4.69, 9.17) is 4.74 Å². The van der Waals surface area contributed by atoms with E-state index in [-0.39, 0.29) is 11.1 Å². The van der Waals surface area contributed by atoms with Crippen molar-refractivity contribution >= 4 is 21.8 Å². The lowest BCUT2D eigenvalue weighted by molar-refractivity contribution is 0.483. The minimum Gasteiger partial charge on any atom is -0.457 e. The lowest BCUT2D eigenvalue weighted by atomic mass is 10.1. The quantitative estimate of drug-likeness (QED) is 0.255. The Balaban J connectivity index is 1.05. The van der Waals surface area contributed by atoms with Gasteiger partial charge < -0.3 is 4.74 Å². The molecule has 0 saturated carbocycles. The zero-order valence-electron chi connectivity index (χ0n) is 23.5. The van der Waals surface area contributed by atoms with Gasteiger partial charge in [0.15, 0.2) is 11.0 Å². The summed E-state index contributed by atoms with van der Waals surface area (Å²) in [6.45, 7) is 0. The first-order valence-corrected chi connectivity index (χ1v) is 14.1. The highest BCUT2D eigenvalue weighted by Gasteiger charge is 2.16. The maximum atomic E-state index is 12.5. The Morgan fingerprint density at radius 3 is 1.31 bits per heavy atom. The SMILES string of the molecule is O=c1[nH]nc(-c2ccc(Oc3ccc(-c4n[nH]c(=O)c5nn(-c6ccccc6)cc45)cc3)cc2)c2cn(-c3ccccc3)nc12. The highest BCUT2D eigenvalue weighted by Crippen LogP contribution is 2.31. The fourth-order valence-electron chi connectivity index (χ4n) is 5.23. The van der Waals surface area contributed by atoms with Gasteiger partial charge in [0, 0.05) is 23.5 Å². The Morgan fingerprint density at radius 1 is 0.511 bits per heavy atom. The molecule has 0 unspecified atom stereocenters. The van der Waals surface area contributed by atoms with Gasteiger partial charge in [-0.25, -0.2) is 19.6 Å². The van der Waals surface area contributed by atoms with Gasteiger partial charge in [0.1, 0.15) is 22.9 Å². The predicted molar refractivity (Wildman–Crippen MR) is 170 cm³/mol. The maximum Gasteiger partial charge on any atom is 0.292 e. The van der Waals surface area contributed by atoms with Crippen molar-refractivity contribution in [3.8, 4) is 45.4 Å². The van der Waals surface area contributed by atoms with E-state index in [0.29, 0.717) is 44.7 Å². The van der Waals surface area contributed by atoms with E-state index in [2.05, 4.69) is 30.6 Å². The molecular weight excluding hydrogens is 568 g/mol. The van der Waals surface area contributed by atoms with Crippen LogP contribution in [0, 0.1) is 0 Å². The van der Waals surface area contributed by atoms with E-state index in [1.807, 2.05) is 122 Å². The van der Waals surface area contributed by atoms with Crippen LogP contribution >= 0.6 is 0 Å². The molecule has 0 fully saturated rings. The lowest BCUT2D eigenvalue weighted by Crippen LogP contribution is -2.09. The van der Waals surface area contributed by atoms with Gasteiger partial charge in [0.05, 0.1) is 22.1 Å². The summed E-state index contributed by atoms with van der Waals surface area (Å²) in [6.07, 6.45) is 3.62. The first-order valence-electron chi connectivity index (χ1n) is 14.1. The van der Waals surface area contributed by atoms with Crippen molar-refractivity contribution in [1.82, 2.24) is 40.0 Å². The second-order valence-electron chi connectivity index (χ2n) is 10.3. The van der Waals surface area contributed by atoms with Crippen LogP contribution in [0.5, 0.6) is 11.5 Å². The maximum absolute atomic E-state index is 12.5. The van der Waals surface area contributed by atoms with Crippen LogP contribution in [0.4, 0.5) is 0 Å². The van der Waals surface area contributed by atoms with Crippen LogP contribution in [0.3, 0.4) is 0 Å². The van der Waals surface area contributed by atoms with E-state index in [1.165, 1.54) is 0 Å². The number of para-hydroxylation sites is 2. The van der Waals surface area contributed by atoms with Crippen LogP contribution < -0.4 is 15.9 Å². The number of ether oxygens (including phenoxy) is 1. The third-order valence-electron chi connectivity index (χ3n) is 7.44. The van der Waals surface area contributed by atoms with E-state index >= 15 is 0 Å². The molecule has 0 bridgehead atoms. The summed E-state index contributed by atoms with van der Waals surface area (Å²) in [5.74, 6) is 1.25. The summed E-state index contributed by atoms with van der Waals surface area (Å²) in [5.41, 5.74) is 4.43. The van der Waals surface area contributed by atoms with Gasteiger partial charge >= 0.3 is 0 Å². The number of nitrogens with zero attached hydrogens (tertiary/aromatic N) is 6. The molecule has 0 spiro atoms. The number of benzene rings is 4. The summed E-state index contributed by atoms with van der Waals surface area (Å²) in [7, 11) is 0. The third-order valence-corrected chi connectivity index (χ3v) is 7.44. The summed E-state index contributed by atoms with van der Waals surface area (Å²) in [4.78, 5) is 25.0. The van der Waals surface area contributed by atoms with E-state index in [9.17, 15) is 9.59 Å². The molecule has 0 aliphatic heterocycles. The molecule has 0 amide bonds. The molecule has 11 heteroatoms. The molecular formula is C34H22N8O3. The average molecular weight is 591 g/mol. The van der Waals surface area contributed by atoms with E-state index in [1.54, 1.807) is 9.36 Å². The van der Waals surface area contributed by atoms with Gasteiger partial charge in [0.25, 0.3) is 11.1 Å². The summed E-state index contributed by atoms with van der Waals surface area (Å²) in [5, 5.41) is 24.0. The van der Waals surface area contributed by atoms with Crippen molar-refractivity contribution in [1.29, 1.82) is 0 Å². The Kier molecular flexibility index (Phi) is 6.12. The number of fused-ring (bicyclic) bond motifs is 2. The van der Waals surface area contributed by atoms with Gasteiger partial charge in [-0.2, -0.15) is 20.4 Å². The number of nitrogens with one attached hydrogen (secondary N) is 2. The lowest BCUT2D eigenvalue weighted by Gasteiger charge is -2.08. The van der Waals surface area contributed by atoms with Crippen LogP contribution in [0.15, 0.2) is 131 Å². The van der Waals surface area contributed by atoms with Crippen LogP contribution in [0.1, 0.15) is 0 Å². The average Bonchev–Trinajstić information content (AvgIpc) is 3.75. The zero-order chi connectivity index (χ0) is 30.3. The van der Waals surface area contributed by atoms with Gasteiger partial charge in [-0.3, -0.25) is 9.59 Å². The largest absolute Gasteiger partial charge is 0.457 e. The minimum absolute atomic E-state index is 0.311. The van der Waals surface area contributed by atoms with Gasteiger partial charge in [-0.1, -0.05) is 36.4 Å². The van der Waals surface area contributed by atoms with Crippen molar-refractivity contribution in [3.63, 3.8) is 0 Å².